The third kappa shape index (κ3) is 3.49. The predicted octanol–water partition coefficient (Wildman–Crippen LogP) is 4.40. The fraction of sp³-hybridized carbons (Fsp3) is 0.0769. The molecule has 8 heteroatoms. The number of ether oxygens (including phenoxy) is 1. The van der Waals surface area contributed by atoms with Crippen molar-refractivity contribution in [2.45, 2.75) is 6.54 Å². The van der Waals surface area contributed by atoms with E-state index in [-0.39, 0.29) is 28.2 Å². The summed E-state index contributed by atoms with van der Waals surface area (Å²) in [6.45, 7) is 0.256. The van der Waals surface area contributed by atoms with E-state index in [4.69, 9.17) is 22.1 Å². The highest BCUT2D eigenvalue weighted by atomic mass is 79.9. The van der Waals surface area contributed by atoms with Crippen LogP contribution in [0.25, 0.3) is 0 Å². The van der Waals surface area contributed by atoms with Gasteiger partial charge in [-0.15, -0.1) is 0 Å². The second-order valence-corrected chi connectivity index (χ2v) is 5.31. The van der Waals surface area contributed by atoms with Crippen LogP contribution in [0, 0.1) is 15.9 Å². The smallest absolute Gasteiger partial charge is 0.312 e. The molecule has 0 aliphatic heterocycles. The maximum Gasteiger partial charge on any atom is 0.312 e. The number of hydrogen-bond donors (Lipinski definition) is 1. The Balaban J connectivity index is 2.41. The third-order valence-electron chi connectivity index (χ3n) is 2.67. The molecule has 0 aliphatic carbocycles. The molecule has 21 heavy (non-hydrogen) atoms. The number of nitro groups is 1. The van der Waals surface area contributed by atoms with Crippen LogP contribution in [-0.2, 0) is 6.54 Å². The van der Waals surface area contributed by atoms with E-state index in [0.29, 0.717) is 10.6 Å². The van der Waals surface area contributed by atoms with Crippen molar-refractivity contribution in [3.8, 4) is 11.5 Å². The van der Waals surface area contributed by atoms with Gasteiger partial charge in [0.25, 0.3) is 0 Å². The lowest BCUT2D eigenvalue weighted by atomic mass is 10.2. The van der Waals surface area contributed by atoms with Crippen LogP contribution >= 0.6 is 27.5 Å². The van der Waals surface area contributed by atoms with Crippen LogP contribution in [0.15, 0.2) is 34.8 Å². The fourth-order valence-electron chi connectivity index (χ4n) is 1.63. The highest BCUT2D eigenvalue weighted by Crippen LogP contribution is 2.36. The van der Waals surface area contributed by atoms with Crippen LogP contribution in [-0.4, -0.2) is 4.92 Å². The maximum atomic E-state index is 13.5. The summed E-state index contributed by atoms with van der Waals surface area (Å²) in [6, 6.07) is 6.64. The lowest BCUT2D eigenvalue weighted by Gasteiger charge is -2.09. The summed E-state index contributed by atoms with van der Waals surface area (Å²) < 4.78 is 18.9. The number of hydrogen-bond acceptors (Lipinski definition) is 4. The van der Waals surface area contributed by atoms with Crippen LogP contribution in [0.2, 0.25) is 5.02 Å². The molecule has 0 fully saturated rings. The molecule has 5 nitrogen and oxygen atoms in total. The first-order valence-electron chi connectivity index (χ1n) is 5.72. The molecule has 0 bridgehead atoms. The average Bonchev–Trinajstić information content (AvgIpc) is 2.42. The maximum absolute atomic E-state index is 13.5. The van der Waals surface area contributed by atoms with Crippen molar-refractivity contribution < 1.29 is 14.1 Å². The largest absolute Gasteiger partial charge is 0.450 e. The molecule has 2 aromatic rings. The lowest BCUT2D eigenvalue weighted by Crippen LogP contribution is -1.98. The Labute approximate surface area is 132 Å². The molecule has 2 N–H and O–H groups in total. The number of halogens is 3. The second kappa shape index (κ2) is 6.38. The van der Waals surface area contributed by atoms with Crippen LogP contribution in [0.3, 0.4) is 0 Å². The van der Waals surface area contributed by atoms with Crippen LogP contribution < -0.4 is 10.5 Å². The zero-order valence-corrected chi connectivity index (χ0v) is 12.8. The molecule has 2 aromatic carbocycles. The fourth-order valence-corrected chi connectivity index (χ4v) is 2.21. The minimum Gasteiger partial charge on any atom is -0.450 e. The summed E-state index contributed by atoms with van der Waals surface area (Å²) in [5.74, 6) is -0.625. The zero-order valence-electron chi connectivity index (χ0n) is 10.5. The molecule has 0 saturated carbocycles. The van der Waals surface area contributed by atoms with E-state index in [0.717, 1.165) is 12.1 Å². The van der Waals surface area contributed by atoms with Crippen molar-refractivity contribution in [2.75, 3.05) is 0 Å². The molecule has 0 spiro atoms. The van der Waals surface area contributed by atoms with Crippen molar-refractivity contribution in [3.05, 3.63) is 61.3 Å². The number of nitrogens with zero attached hydrogens (tertiary/aromatic N) is 1. The van der Waals surface area contributed by atoms with Gasteiger partial charge >= 0.3 is 5.69 Å². The monoisotopic (exact) mass is 374 g/mol. The number of rotatable bonds is 4. The van der Waals surface area contributed by atoms with Gasteiger partial charge in [-0.1, -0.05) is 17.7 Å². The van der Waals surface area contributed by atoms with Crippen molar-refractivity contribution in [1.29, 1.82) is 0 Å². The first-order valence-corrected chi connectivity index (χ1v) is 6.89. The van der Waals surface area contributed by atoms with E-state index < -0.39 is 10.7 Å². The molecule has 0 aromatic heterocycles. The van der Waals surface area contributed by atoms with Gasteiger partial charge < -0.3 is 10.5 Å². The summed E-state index contributed by atoms with van der Waals surface area (Å²) in [6.07, 6.45) is 0. The summed E-state index contributed by atoms with van der Waals surface area (Å²) >= 11 is 8.87. The van der Waals surface area contributed by atoms with Crippen molar-refractivity contribution >= 4 is 33.2 Å². The van der Waals surface area contributed by atoms with E-state index in [9.17, 15) is 14.5 Å². The molecule has 0 amide bonds. The standard InChI is InChI=1S/C13H9BrClFN2O3/c14-9-4-12(18(19)20)13(5-11(9)16)21-8-2-1-7(6-17)10(15)3-8/h1-5H,6,17H2. The van der Waals surface area contributed by atoms with Crippen molar-refractivity contribution in [2.24, 2.45) is 5.73 Å². The summed E-state index contributed by atoms with van der Waals surface area (Å²) in [5, 5.41) is 11.4. The first-order chi connectivity index (χ1) is 9.92. The van der Waals surface area contributed by atoms with Gasteiger partial charge in [-0.25, -0.2) is 4.39 Å². The van der Waals surface area contributed by atoms with Crippen LogP contribution in [0.1, 0.15) is 5.56 Å². The quantitative estimate of drug-likeness (QED) is 0.634. The topological polar surface area (TPSA) is 78.4 Å². The van der Waals surface area contributed by atoms with E-state index in [2.05, 4.69) is 15.9 Å². The van der Waals surface area contributed by atoms with Gasteiger partial charge in [0.1, 0.15) is 11.6 Å². The Kier molecular flexibility index (Phi) is 4.76. The molecule has 2 rings (SSSR count). The number of nitrogens with two attached hydrogens (primary N) is 1. The van der Waals surface area contributed by atoms with E-state index in [1.165, 1.54) is 6.07 Å². The summed E-state index contributed by atoms with van der Waals surface area (Å²) in [5.41, 5.74) is 5.83. The van der Waals surface area contributed by atoms with Crippen LogP contribution in [0.4, 0.5) is 10.1 Å². The normalized spacial score (nSPS) is 10.5. The Morgan fingerprint density at radius 2 is 2.10 bits per heavy atom. The molecule has 0 heterocycles. The molecule has 0 radical (unpaired) electrons. The average molecular weight is 376 g/mol. The lowest BCUT2D eigenvalue weighted by molar-refractivity contribution is -0.385. The summed E-state index contributed by atoms with van der Waals surface area (Å²) in [4.78, 5) is 10.3. The van der Waals surface area contributed by atoms with Gasteiger partial charge in [0.05, 0.1) is 9.40 Å². The molecule has 110 valence electrons. The van der Waals surface area contributed by atoms with Crippen molar-refractivity contribution in [3.63, 3.8) is 0 Å². The number of nitro benzene ring substituents is 1. The third-order valence-corrected chi connectivity index (χ3v) is 3.63. The van der Waals surface area contributed by atoms with Gasteiger partial charge in [-0.05, 0) is 33.6 Å². The Morgan fingerprint density at radius 1 is 1.38 bits per heavy atom. The molecular formula is C13H9BrClFN2O3. The molecule has 0 unspecified atom stereocenters. The second-order valence-electron chi connectivity index (χ2n) is 4.05. The van der Waals surface area contributed by atoms with Crippen LogP contribution in [0.5, 0.6) is 11.5 Å². The highest BCUT2D eigenvalue weighted by molar-refractivity contribution is 9.10. The zero-order chi connectivity index (χ0) is 15.6. The summed E-state index contributed by atoms with van der Waals surface area (Å²) in [7, 11) is 0. The van der Waals surface area contributed by atoms with Gasteiger partial charge in [-0.2, -0.15) is 0 Å². The minimum absolute atomic E-state index is 0.0157. The predicted molar refractivity (Wildman–Crippen MR) is 80.2 cm³/mol. The van der Waals surface area contributed by atoms with E-state index in [1.54, 1.807) is 12.1 Å². The minimum atomic E-state index is -0.666. The molecular weight excluding hydrogens is 367 g/mol. The first kappa shape index (κ1) is 15.7. The van der Waals surface area contributed by atoms with Gasteiger partial charge in [0.2, 0.25) is 5.75 Å². The van der Waals surface area contributed by atoms with Crippen molar-refractivity contribution in [1.82, 2.24) is 0 Å². The van der Waals surface area contributed by atoms with Gasteiger partial charge in [-0.3, -0.25) is 10.1 Å². The number of benzene rings is 2. The van der Waals surface area contributed by atoms with Gasteiger partial charge in [0.15, 0.2) is 0 Å². The Hall–Kier alpha value is -1.70. The van der Waals surface area contributed by atoms with E-state index >= 15 is 0 Å². The Morgan fingerprint density at radius 3 is 2.67 bits per heavy atom. The molecule has 0 aliphatic rings. The Bertz CT molecular complexity index is 712. The van der Waals surface area contributed by atoms with Gasteiger partial charge in [0, 0.05) is 23.7 Å². The highest BCUT2D eigenvalue weighted by Gasteiger charge is 2.19. The SMILES string of the molecule is NCc1ccc(Oc2cc(F)c(Br)cc2[N+](=O)[O-])cc1Cl. The molecule has 0 atom stereocenters. The van der Waals surface area contributed by atoms with E-state index in [1.807, 2.05) is 0 Å². The molecule has 0 saturated heterocycles.